The van der Waals surface area contributed by atoms with Crippen molar-refractivity contribution in [2.24, 2.45) is 4.99 Å². The molecule has 20 heavy (non-hydrogen) atoms. The zero-order valence-electron chi connectivity index (χ0n) is 9.83. The number of aryl methyl sites for hydroxylation is 1. The molecule has 1 aromatic rings. The van der Waals surface area contributed by atoms with Crippen molar-refractivity contribution in [1.29, 1.82) is 0 Å². The van der Waals surface area contributed by atoms with Crippen LogP contribution in [0.4, 0.5) is 13.2 Å². The van der Waals surface area contributed by atoms with Crippen LogP contribution < -0.4 is 0 Å². The van der Waals surface area contributed by atoms with Crippen molar-refractivity contribution < 1.29 is 27.6 Å². The van der Waals surface area contributed by atoms with Crippen LogP contribution in [0.15, 0.2) is 23.2 Å². The first kappa shape index (κ1) is 16.1. The number of nitrogens with zero attached hydrogens (tertiary/aromatic N) is 1. The molecule has 0 aromatic heterocycles. The smallest absolute Gasteiger partial charge is 0.290 e. The summed E-state index contributed by atoms with van der Waals surface area (Å²) < 4.78 is 36.1. The zero-order valence-corrected chi connectivity index (χ0v) is 10.6. The van der Waals surface area contributed by atoms with Gasteiger partial charge in [-0.3, -0.25) is 9.59 Å². The second-order valence-electron chi connectivity index (χ2n) is 3.74. The lowest BCUT2D eigenvalue weighted by molar-refractivity contribution is -0.171. The van der Waals surface area contributed by atoms with Crippen molar-refractivity contribution in [2.45, 2.75) is 19.0 Å². The second-order valence-corrected chi connectivity index (χ2v) is 4.15. The molecule has 8 heteroatoms. The lowest BCUT2D eigenvalue weighted by Crippen LogP contribution is -2.22. The molecule has 0 spiro atoms. The summed E-state index contributed by atoms with van der Waals surface area (Å²) in [5.41, 5.74) is 0.170. The average molecular weight is 306 g/mol. The van der Waals surface area contributed by atoms with Crippen molar-refractivity contribution in [1.82, 2.24) is 0 Å². The lowest BCUT2D eigenvalue weighted by atomic mass is 10.0. The molecule has 1 amide bonds. The van der Waals surface area contributed by atoms with Gasteiger partial charge in [0.1, 0.15) is 0 Å². The first-order chi connectivity index (χ1) is 9.25. The minimum Gasteiger partial charge on any atom is -0.290 e. The molecular weight excluding hydrogens is 299 g/mol. The number of carbonyl (C=O) groups is 2. The van der Waals surface area contributed by atoms with E-state index in [4.69, 9.17) is 11.6 Å². The Morgan fingerprint density at radius 2 is 1.95 bits per heavy atom. The van der Waals surface area contributed by atoms with E-state index in [0.29, 0.717) is 5.56 Å². The Labute approximate surface area is 116 Å². The van der Waals surface area contributed by atoms with Crippen molar-refractivity contribution in [2.75, 3.05) is 0 Å². The quantitative estimate of drug-likeness (QED) is 0.634. The Morgan fingerprint density at radius 1 is 1.30 bits per heavy atom. The fourth-order valence-electron chi connectivity index (χ4n) is 1.39. The van der Waals surface area contributed by atoms with Crippen LogP contribution in [0, 0.1) is 0 Å². The Kier molecular flexibility index (Phi) is 5.19. The third-order valence-corrected chi connectivity index (χ3v) is 2.69. The van der Waals surface area contributed by atoms with Crippen LogP contribution in [0.3, 0.4) is 0 Å². The van der Waals surface area contributed by atoms with E-state index in [1.54, 1.807) is 0 Å². The molecule has 0 saturated heterocycles. The number of hydrogen-bond acceptors (Lipinski definition) is 3. The van der Waals surface area contributed by atoms with Gasteiger partial charge in [-0.2, -0.15) is 13.2 Å². The fraction of sp³-hybridized carbons (Fsp3) is 0.250. The van der Waals surface area contributed by atoms with Crippen molar-refractivity contribution >= 4 is 29.4 Å². The lowest BCUT2D eigenvalue weighted by Gasteiger charge is -2.06. The summed E-state index contributed by atoms with van der Waals surface area (Å²) in [6.07, 6.45) is -4.78. The highest BCUT2D eigenvalue weighted by molar-refractivity contribution is 6.34. The first-order valence-electron chi connectivity index (χ1n) is 5.26. The minimum atomic E-state index is -4.88. The second kappa shape index (κ2) is 6.45. The summed E-state index contributed by atoms with van der Waals surface area (Å²) in [6, 6.07) is 3.85. The summed E-state index contributed by atoms with van der Waals surface area (Å²) in [6.45, 7) is 0. The van der Waals surface area contributed by atoms with E-state index in [-0.39, 0.29) is 17.0 Å². The highest BCUT2D eigenvalue weighted by Gasteiger charge is 2.37. The number of Topliss-reactive ketones (excluding diaryl/α,β-unsaturated/α-hetero) is 1. The van der Waals surface area contributed by atoms with Gasteiger partial charge in [0.25, 0.3) is 5.91 Å². The van der Waals surface area contributed by atoms with E-state index in [2.05, 4.69) is 4.99 Å². The number of carbonyl (C=O) groups excluding carboxylic acids is 3. The molecule has 0 heterocycles. The summed E-state index contributed by atoms with van der Waals surface area (Å²) in [4.78, 5) is 34.9. The van der Waals surface area contributed by atoms with E-state index in [9.17, 15) is 27.6 Å². The van der Waals surface area contributed by atoms with Crippen LogP contribution in [0.5, 0.6) is 0 Å². The SMILES string of the molecule is O=C=NC(=O)c1cc(CCC(=O)C(F)(F)F)ccc1Cl. The summed E-state index contributed by atoms with van der Waals surface area (Å²) >= 11 is 5.70. The normalized spacial score (nSPS) is 10.8. The highest BCUT2D eigenvalue weighted by atomic mass is 35.5. The molecule has 0 unspecified atom stereocenters. The Morgan fingerprint density at radius 3 is 2.50 bits per heavy atom. The number of hydrogen-bond donors (Lipinski definition) is 0. The summed E-state index contributed by atoms with van der Waals surface area (Å²) in [5, 5.41) is -0.0000945. The largest absolute Gasteiger partial charge is 0.449 e. The van der Waals surface area contributed by atoms with E-state index < -0.39 is 24.3 Å². The molecule has 0 bridgehead atoms. The molecule has 106 valence electrons. The van der Waals surface area contributed by atoms with Crippen LogP contribution in [-0.4, -0.2) is 23.9 Å². The van der Waals surface area contributed by atoms with Gasteiger partial charge < -0.3 is 0 Å². The minimum absolute atomic E-state index is 0.0000945. The number of aliphatic imine (C=N–C) groups is 1. The number of benzene rings is 1. The number of isocyanates is 1. The number of alkyl halides is 3. The molecular formula is C12H7ClF3NO3. The third-order valence-electron chi connectivity index (χ3n) is 2.37. The van der Waals surface area contributed by atoms with Crippen LogP contribution in [-0.2, 0) is 16.0 Å². The topological polar surface area (TPSA) is 63.6 Å². The van der Waals surface area contributed by atoms with Crippen molar-refractivity contribution in [3.8, 4) is 0 Å². The van der Waals surface area contributed by atoms with Gasteiger partial charge >= 0.3 is 6.18 Å². The first-order valence-corrected chi connectivity index (χ1v) is 5.64. The number of rotatable bonds is 4. The molecule has 1 aromatic carbocycles. The molecule has 0 aliphatic carbocycles. The van der Waals surface area contributed by atoms with Crippen LogP contribution >= 0.6 is 11.6 Å². The van der Waals surface area contributed by atoms with Gasteiger partial charge in [0.15, 0.2) is 0 Å². The van der Waals surface area contributed by atoms with Gasteiger partial charge in [-0.1, -0.05) is 17.7 Å². The Bertz CT molecular complexity index is 592. The molecule has 4 nitrogen and oxygen atoms in total. The maximum atomic E-state index is 12.0. The third kappa shape index (κ3) is 4.29. The van der Waals surface area contributed by atoms with Gasteiger partial charge in [-0.05, 0) is 24.1 Å². The standard InChI is InChI=1S/C12H7ClF3NO3/c13-9-3-1-7(2-4-10(19)12(14,15)16)5-8(9)11(20)17-6-18/h1,3,5H,2,4H2. The molecule has 0 aliphatic heterocycles. The monoisotopic (exact) mass is 305 g/mol. The maximum absolute atomic E-state index is 12.0. The highest BCUT2D eigenvalue weighted by Crippen LogP contribution is 2.22. The van der Waals surface area contributed by atoms with E-state index in [1.807, 2.05) is 0 Å². The predicted molar refractivity (Wildman–Crippen MR) is 63.3 cm³/mol. The predicted octanol–water partition coefficient (Wildman–Crippen LogP) is 2.88. The molecule has 0 fully saturated rings. The van der Waals surface area contributed by atoms with Crippen LogP contribution in [0.1, 0.15) is 22.3 Å². The molecule has 0 aliphatic rings. The van der Waals surface area contributed by atoms with Gasteiger partial charge in [0, 0.05) is 6.42 Å². The molecule has 0 N–H and O–H groups in total. The van der Waals surface area contributed by atoms with Gasteiger partial charge in [-0.15, -0.1) is 4.99 Å². The number of halogens is 4. The number of ketones is 1. The van der Waals surface area contributed by atoms with Crippen LogP contribution in [0.25, 0.3) is 0 Å². The van der Waals surface area contributed by atoms with Gasteiger partial charge in [-0.25, -0.2) is 4.79 Å². The fourth-order valence-corrected chi connectivity index (χ4v) is 1.59. The Hall–Kier alpha value is -1.98. The zero-order chi connectivity index (χ0) is 15.3. The van der Waals surface area contributed by atoms with E-state index in [1.165, 1.54) is 18.2 Å². The Balaban J connectivity index is 2.88. The molecule has 0 atom stereocenters. The summed E-state index contributed by atoms with van der Waals surface area (Å²) in [5.74, 6) is -2.81. The summed E-state index contributed by atoms with van der Waals surface area (Å²) in [7, 11) is 0. The van der Waals surface area contributed by atoms with Gasteiger partial charge in [0.2, 0.25) is 11.9 Å². The van der Waals surface area contributed by atoms with Crippen LogP contribution in [0.2, 0.25) is 5.02 Å². The molecule has 0 radical (unpaired) electrons. The van der Waals surface area contributed by atoms with Crippen molar-refractivity contribution in [3.05, 3.63) is 34.3 Å². The number of amides is 1. The van der Waals surface area contributed by atoms with Crippen molar-refractivity contribution in [3.63, 3.8) is 0 Å². The van der Waals surface area contributed by atoms with E-state index >= 15 is 0 Å². The average Bonchev–Trinajstić information content (AvgIpc) is 2.36. The van der Waals surface area contributed by atoms with E-state index in [0.717, 1.165) is 6.08 Å². The molecule has 0 saturated carbocycles. The van der Waals surface area contributed by atoms with Gasteiger partial charge in [0.05, 0.1) is 10.6 Å². The maximum Gasteiger partial charge on any atom is 0.449 e. The molecule has 1 rings (SSSR count).